The van der Waals surface area contributed by atoms with E-state index in [1.54, 1.807) is 6.26 Å². The second kappa shape index (κ2) is 7.67. The fourth-order valence-electron chi connectivity index (χ4n) is 3.28. The molecule has 0 spiro atoms. The van der Waals surface area contributed by atoms with Crippen molar-refractivity contribution in [2.75, 3.05) is 6.54 Å². The van der Waals surface area contributed by atoms with Crippen LogP contribution in [0, 0.1) is 0 Å². The van der Waals surface area contributed by atoms with Crippen molar-refractivity contribution >= 4 is 5.91 Å². The van der Waals surface area contributed by atoms with Gasteiger partial charge in [-0.2, -0.15) is 0 Å². The largest absolute Gasteiger partial charge is 0.468 e. The van der Waals surface area contributed by atoms with Gasteiger partial charge in [-0.1, -0.05) is 18.2 Å². The Hall–Kier alpha value is -2.07. The van der Waals surface area contributed by atoms with Gasteiger partial charge in [0.2, 0.25) is 5.91 Å². The number of fused-ring (bicyclic) bond motifs is 1. The molecule has 1 aliphatic carbocycles. The molecule has 0 saturated heterocycles. The molecule has 0 saturated carbocycles. The maximum absolute atomic E-state index is 12.2. The highest BCUT2D eigenvalue weighted by Crippen LogP contribution is 2.24. The summed E-state index contributed by atoms with van der Waals surface area (Å²) in [5.74, 6) is 0.837. The predicted molar refractivity (Wildman–Crippen MR) is 94.8 cm³/mol. The van der Waals surface area contributed by atoms with Crippen molar-refractivity contribution in [3.05, 3.63) is 59.0 Å². The minimum absolute atomic E-state index is 0.00127. The third kappa shape index (κ3) is 4.06. The van der Waals surface area contributed by atoms with Crippen molar-refractivity contribution in [1.82, 2.24) is 10.6 Å². The van der Waals surface area contributed by atoms with Crippen LogP contribution in [0.4, 0.5) is 0 Å². The second-order valence-electron chi connectivity index (χ2n) is 6.64. The van der Waals surface area contributed by atoms with Gasteiger partial charge in [0.1, 0.15) is 5.76 Å². The second-order valence-corrected chi connectivity index (χ2v) is 6.64. The Morgan fingerprint density at radius 1 is 1.12 bits per heavy atom. The molecule has 1 heterocycles. The first-order valence-corrected chi connectivity index (χ1v) is 8.81. The molecule has 2 aromatic rings. The lowest BCUT2D eigenvalue weighted by atomic mass is 9.89. The van der Waals surface area contributed by atoms with E-state index in [1.165, 1.54) is 36.0 Å². The minimum Gasteiger partial charge on any atom is -0.468 e. The lowest BCUT2D eigenvalue weighted by molar-refractivity contribution is -0.121. The number of hydrogen-bond donors (Lipinski definition) is 2. The molecular weight excluding hydrogens is 300 g/mol. The first kappa shape index (κ1) is 16.8. The minimum atomic E-state index is -0.00127. The number of nitrogens with one attached hydrogen (secondary N) is 2. The van der Waals surface area contributed by atoms with Crippen LogP contribution in [0.15, 0.2) is 41.0 Å². The molecule has 128 valence electrons. The Labute approximate surface area is 143 Å². The van der Waals surface area contributed by atoms with Crippen molar-refractivity contribution < 1.29 is 9.21 Å². The number of carbonyl (C=O) groups is 1. The number of rotatable bonds is 6. The third-order valence-electron chi connectivity index (χ3n) is 4.79. The summed E-state index contributed by atoms with van der Waals surface area (Å²) >= 11 is 0. The summed E-state index contributed by atoms with van der Waals surface area (Å²) < 4.78 is 5.34. The molecular formula is C20H26N2O2. The summed E-state index contributed by atoms with van der Waals surface area (Å²) in [5.41, 5.74) is 4.10. The average Bonchev–Trinajstić information content (AvgIpc) is 3.14. The molecule has 2 N–H and O–H groups in total. The molecule has 4 nitrogen and oxygen atoms in total. The van der Waals surface area contributed by atoms with Crippen molar-refractivity contribution in [1.29, 1.82) is 0 Å². The van der Waals surface area contributed by atoms with E-state index in [0.29, 0.717) is 0 Å². The molecule has 0 aliphatic heterocycles. The zero-order valence-electron chi connectivity index (χ0n) is 14.5. The van der Waals surface area contributed by atoms with Gasteiger partial charge in [0, 0.05) is 0 Å². The first-order valence-electron chi connectivity index (χ1n) is 8.81. The molecule has 0 radical (unpaired) electrons. The Kier molecular flexibility index (Phi) is 5.36. The standard InChI is InChI=1S/C20H26N2O2/c1-14(17-10-9-16-6-3-4-7-18(16)12-17)22-20(23)13-21-15(2)19-8-5-11-24-19/h5,8-12,14-15,21H,3-4,6-7,13H2,1-2H3,(H,22,23)/t14-,15+/m1/s1. The van der Waals surface area contributed by atoms with Crippen molar-refractivity contribution in [3.8, 4) is 0 Å². The van der Waals surface area contributed by atoms with E-state index in [1.807, 2.05) is 26.0 Å². The smallest absolute Gasteiger partial charge is 0.234 e. The Balaban J connectivity index is 1.52. The van der Waals surface area contributed by atoms with Gasteiger partial charge in [0.05, 0.1) is 24.9 Å². The van der Waals surface area contributed by atoms with Gasteiger partial charge in [0.15, 0.2) is 0 Å². The maximum atomic E-state index is 12.2. The highest BCUT2D eigenvalue weighted by atomic mass is 16.3. The van der Waals surface area contributed by atoms with Gasteiger partial charge in [-0.15, -0.1) is 0 Å². The normalized spacial score (nSPS) is 16.2. The molecule has 1 amide bonds. The van der Waals surface area contributed by atoms with E-state index in [9.17, 15) is 4.79 Å². The van der Waals surface area contributed by atoms with Crippen LogP contribution < -0.4 is 10.6 Å². The highest BCUT2D eigenvalue weighted by molar-refractivity contribution is 5.78. The molecule has 0 fully saturated rings. The van der Waals surface area contributed by atoms with Crippen molar-refractivity contribution in [2.45, 2.75) is 51.6 Å². The van der Waals surface area contributed by atoms with Crippen molar-refractivity contribution in [3.63, 3.8) is 0 Å². The van der Waals surface area contributed by atoms with E-state index >= 15 is 0 Å². The van der Waals surface area contributed by atoms with Crippen molar-refractivity contribution in [2.24, 2.45) is 0 Å². The van der Waals surface area contributed by atoms with Crippen LogP contribution in [-0.2, 0) is 17.6 Å². The zero-order chi connectivity index (χ0) is 16.9. The van der Waals surface area contributed by atoms with Gasteiger partial charge >= 0.3 is 0 Å². The van der Waals surface area contributed by atoms with Crippen LogP contribution in [0.1, 0.15) is 61.2 Å². The molecule has 2 atom stereocenters. The molecule has 0 bridgehead atoms. The fourth-order valence-corrected chi connectivity index (χ4v) is 3.28. The summed E-state index contributed by atoms with van der Waals surface area (Å²) in [4.78, 5) is 12.2. The van der Waals surface area contributed by atoms with Crippen LogP contribution in [0.2, 0.25) is 0 Å². The highest BCUT2D eigenvalue weighted by Gasteiger charge is 2.15. The monoisotopic (exact) mass is 326 g/mol. The third-order valence-corrected chi connectivity index (χ3v) is 4.79. The Morgan fingerprint density at radius 2 is 1.92 bits per heavy atom. The topological polar surface area (TPSA) is 54.3 Å². The average molecular weight is 326 g/mol. The van der Waals surface area contributed by atoms with Crippen LogP contribution >= 0.6 is 0 Å². The lowest BCUT2D eigenvalue weighted by Crippen LogP contribution is -2.36. The molecule has 0 unspecified atom stereocenters. The molecule has 1 aliphatic rings. The fraction of sp³-hybridized carbons (Fsp3) is 0.450. The summed E-state index contributed by atoms with van der Waals surface area (Å²) in [6.45, 7) is 4.30. The van der Waals surface area contributed by atoms with Crippen LogP contribution in [0.3, 0.4) is 0 Å². The first-order chi connectivity index (χ1) is 11.6. The van der Waals surface area contributed by atoms with Gasteiger partial charge in [-0.25, -0.2) is 0 Å². The Morgan fingerprint density at radius 3 is 2.67 bits per heavy atom. The van der Waals surface area contributed by atoms with Gasteiger partial charge in [-0.05, 0) is 68.4 Å². The number of carbonyl (C=O) groups excluding carboxylic acids is 1. The summed E-state index contributed by atoms with van der Waals surface area (Å²) in [5, 5.41) is 6.26. The van der Waals surface area contributed by atoms with E-state index in [-0.39, 0.29) is 24.5 Å². The molecule has 3 rings (SSSR count). The van der Waals surface area contributed by atoms with E-state index in [4.69, 9.17) is 4.42 Å². The summed E-state index contributed by atoms with van der Waals surface area (Å²) in [6, 6.07) is 10.4. The van der Waals surface area contributed by atoms with Gasteiger partial charge < -0.3 is 9.73 Å². The van der Waals surface area contributed by atoms with E-state index < -0.39 is 0 Å². The number of furan rings is 1. The van der Waals surface area contributed by atoms with E-state index in [2.05, 4.69) is 28.8 Å². The number of benzene rings is 1. The van der Waals surface area contributed by atoms with Crippen LogP contribution in [-0.4, -0.2) is 12.5 Å². The quantitative estimate of drug-likeness (QED) is 0.851. The Bertz CT molecular complexity index is 679. The lowest BCUT2D eigenvalue weighted by Gasteiger charge is -2.20. The molecule has 24 heavy (non-hydrogen) atoms. The predicted octanol–water partition coefficient (Wildman–Crippen LogP) is 3.69. The SMILES string of the molecule is C[C@H](NCC(=O)N[C@H](C)c1ccc2c(c1)CCCC2)c1ccco1. The summed E-state index contributed by atoms with van der Waals surface area (Å²) in [6.07, 6.45) is 6.55. The van der Waals surface area contributed by atoms with Crippen LogP contribution in [0.25, 0.3) is 0 Å². The summed E-state index contributed by atoms with van der Waals surface area (Å²) in [7, 11) is 0. The number of hydrogen-bond acceptors (Lipinski definition) is 3. The van der Waals surface area contributed by atoms with Gasteiger partial charge in [0.25, 0.3) is 0 Å². The number of aryl methyl sites for hydroxylation is 2. The maximum Gasteiger partial charge on any atom is 0.234 e. The van der Waals surface area contributed by atoms with Crippen LogP contribution in [0.5, 0.6) is 0 Å². The number of amides is 1. The molecule has 4 heteroatoms. The molecule has 1 aromatic carbocycles. The molecule has 1 aromatic heterocycles. The zero-order valence-corrected chi connectivity index (χ0v) is 14.5. The van der Waals surface area contributed by atoms with Gasteiger partial charge in [-0.3, -0.25) is 10.1 Å². The van der Waals surface area contributed by atoms with E-state index in [0.717, 1.165) is 12.2 Å².